The Hall–Kier alpha value is -1.20. The number of halogens is 1. The van der Waals surface area contributed by atoms with Gasteiger partial charge in [-0.25, -0.2) is 9.59 Å². The Morgan fingerprint density at radius 2 is 1.91 bits per heavy atom. The van der Waals surface area contributed by atoms with E-state index in [4.69, 9.17) is 25.8 Å². The van der Waals surface area contributed by atoms with Gasteiger partial charge in [-0.1, -0.05) is 55.3 Å². The number of allylic oxidation sites excluding steroid dienone is 3. The quantitative estimate of drug-likeness (QED) is 0.202. The van der Waals surface area contributed by atoms with Crippen LogP contribution in [0.25, 0.3) is 0 Å². The number of hydrogen-bond donors (Lipinski definition) is 2. The number of esters is 1. The second-order valence-corrected chi connectivity index (χ2v) is 13.2. The Labute approximate surface area is 332 Å². The maximum Gasteiger partial charge on any atom is 0.409 e. The molecule has 4 bridgehead atoms. The van der Waals surface area contributed by atoms with Crippen LogP contribution in [0.2, 0.25) is 5.02 Å². The maximum absolute atomic E-state index is 13.8. The largest absolute Gasteiger partial charge is 0.520 e. The first-order chi connectivity index (χ1) is 21.0. The molecule has 0 saturated carbocycles. The van der Waals surface area contributed by atoms with E-state index >= 15 is 0 Å². The summed E-state index contributed by atoms with van der Waals surface area (Å²) in [5, 5.41) is 14.5. The summed E-state index contributed by atoms with van der Waals surface area (Å²) in [5.74, 6) is -2.01. The van der Waals surface area contributed by atoms with E-state index in [9.17, 15) is 24.3 Å². The number of rotatable bonds is 4. The van der Waals surface area contributed by atoms with Crippen LogP contribution in [0.4, 0.5) is 10.5 Å². The number of nitrogens with one attached hydrogen (secondary N) is 1. The summed E-state index contributed by atoms with van der Waals surface area (Å²) >= 11 is 6.70. The number of carbonyl (C=O) groups excluding carboxylic acids is 4. The number of epoxide rings is 1. The third-order valence-corrected chi connectivity index (χ3v) is 9.90. The van der Waals surface area contributed by atoms with Gasteiger partial charge in [-0.15, -0.1) is 0 Å². The molecule has 3 aliphatic heterocycles. The smallest absolute Gasteiger partial charge is 0.409 e. The van der Waals surface area contributed by atoms with Crippen LogP contribution >= 0.6 is 11.6 Å². The molecule has 3 aliphatic rings. The van der Waals surface area contributed by atoms with Gasteiger partial charge in [0.15, 0.2) is 0 Å². The van der Waals surface area contributed by atoms with Crippen molar-refractivity contribution in [3.63, 3.8) is 0 Å². The minimum Gasteiger partial charge on any atom is -0.520 e. The standard InChI is InChI=1S/C33H43ClN3O8.2Y/c1-18-10-9-11-20(3)33(42)16-25(43-31(41)35-33)21(4)29-32(6,45-29)26(44-30(40)22(5)36(7)17-38)15-27(39)37(8)24-14-23(12-18)13-19(2)28(24)34;;/h9-11,13-14,20-22,25-26,29,42H,12,15-16H2,1-8H3,(H,35,41);;/q-1;;/b11-9+,18-10+;;. The van der Waals surface area contributed by atoms with Crippen molar-refractivity contribution in [1.82, 2.24) is 10.2 Å². The molecular formula is C33H43ClN3O8Y2-. The number of carbonyl (C=O) groups is 3. The summed E-state index contributed by atoms with van der Waals surface area (Å²) in [6.07, 6.45) is 4.54. The second kappa shape index (κ2) is 16.7. The number of aliphatic hydroxyl groups is 1. The van der Waals surface area contributed by atoms with Crippen LogP contribution in [0.3, 0.4) is 0 Å². The molecule has 0 spiro atoms. The van der Waals surface area contributed by atoms with Gasteiger partial charge in [-0.3, -0.25) is 10.1 Å². The molecule has 8 atom stereocenters. The van der Waals surface area contributed by atoms with Crippen molar-refractivity contribution in [1.29, 1.82) is 0 Å². The third kappa shape index (κ3) is 9.33. The first-order valence-corrected chi connectivity index (χ1v) is 15.5. The molecule has 11 nitrogen and oxygen atoms in total. The van der Waals surface area contributed by atoms with E-state index in [1.165, 1.54) is 18.9 Å². The summed E-state index contributed by atoms with van der Waals surface area (Å²) in [5.41, 5.74) is 0.555. The SMILES string of the molecule is C/C1=C\C=C\C(C)C2(O)CC(OC(=O)N2)C(C)C2OC2(C)C(OC(=O)C(C)N(C)[C-]=O)CC(=O)N(C)c2cc(cc(C)c2Cl)C1.[Y].[Y]. The molecule has 0 aromatic heterocycles. The molecule has 1 aromatic rings. The Kier molecular flexibility index (Phi) is 14.9. The Morgan fingerprint density at radius 3 is 2.55 bits per heavy atom. The van der Waals surface area contributed by atoms with Crippen LogP contribution in [0.1, 0.15) is 58.6 Å². The normalized spacial score (nSPS) is 33.2. The predicted molar refractivity (Wildman–Crippen MR) is 168 cm³/mol. The summed E-state index contributed by atoms with van der Waals surface area (Å²) < 4.78 is 17.7. The Bertz CT molecular complexity index is 1430. The summed E-state index contributed by atoms with van der Waals surface area (Å²) in [6, 6.07) is 2.86. The van der Waals surface area contributed by atoms with Crippen LogP contribution in [0, 0.1) is 18.8 Å². The zero-order chi connectivity index (χ0) is 33.4. The fourth-order valence-corrected chi connectivity index (χ4v) is 6.26. The van der Waals surface area contributed by atoms with Gasteiger partial charge < -0.3 is 33.9 Å². The summed E-state index contributed by atoms with van der Waals surface area (Å²) in [4.78, 5) is 53.3. The zero-order valence-electron chi connectivity index (χ0n) is 28.2. The van der Waals surface area contributed by atoms with Crippen LogP contribution in [-0.2, 0) is 100 Å². The molecule has 0 aliphatic carbocycles. The fraction of sp³-hybridized carbons (Fsp3) is 0.576. The average Bonchev–Trinajstić information content (AvgIpc) is 3.68. The van der Waals surface area contributed by atoms with Gasteiger partial charge in [-0.05, 0) is 58.4 Å². The zero-order valence-corrected chi connectivity index (χ0v) is 34.6. The minimum atomic E-state index is -1.58. The van der Waals surface area contributed by atoms with Gasteiger partial charge in [0, 0.05) is 90.7 Å². The van der Waals surface area contributed by atoms with Gasteiger partial charge in [0.1, 0.15) is 23.5 Å². The summed E-state index contributed by atoms with van der Waals surface area (Å²) in [6.45, 7) is 10.7. The molecule has 252 valence electrons. The second-order valence-electron chi connectivity index (χ2n) is 12.8. The van der Waals surface area contributed by atoms with Crippen LogP contribution in [-0.4, -0.2) is 84.2 Å². The number of fused-ring (bicyclic) bond motifs is 5. The molecule has 2 N–H and O–H groups in total. The van der Waals surface area contributed by atoms with E-state index in [0.29, 0.717) is 17.1 Å². The van der Waals surface area contributed by atoms with Crippen molar-refractivity contribution in [3.05, 3.63) is 52.1 Å². The minimum absolute atomic E-state index is 0. The van der Waals surface area contributed by atoms with Crippen LogP contribution in [0.5, 0.6) is 0 Å². The van der Waals surface area contributed by atoms with E-state index in [1.54, 1.807) is 20.4 Å². The number of amides is 3. The number of alkyl carbamates (subject to hydrolysis) is 1. The molecule has 14 heteroatoms. The van der Waals surface area contributed by atoms with E-state index in [0.717, 1.165) is 21.6 Å². The van der Waals surface area contributed by atoms with E-state index in [1.807, 2.05) is 58.1 Å². The van der Waals surface area contributed by atoms with Gasteiger partial charge in [0.2, 0.25) is 5.91 Å². The Morgan fingerprint density at radius 1 is 1.26 bits per heavy atom. The third-order valence-electron chi connectivity index (χ3n) is 9.41. The fourth-order valence-electron chi connectivity index (χ4n) is 6.02. The molecule has 47 heavy (non-hydrogen) atoms. The molecule has 1 aromatic carbocycles. The molecule has 4 rings (SSSR count). The molecule has 2 radical (unpaired) electrons. The molecule has 2 saturated heterocycles. The van der Waals surface area contributed by atoms with Gasteiger partial charge >= 0.3 is 12.1 Å². The number of likely N-dealkylation sites (N-methyl/N-ethyl adjacent to an activating group) is 1. The van der Waals surface area contributed by atoms with Gasteiger partial charge in [-0.2, -0.15) is 6.41 Å². The molecular weight excluding hydrogens is 780 g/mol. The number of nitrogens with zero attached hydrogens (tertiary/aromatic N) is 2. The van der Waals surface area contributed by atoms with Crippen molar-refractivity contribution < 1.29 is 104 Å². The van der Waals surface area contributed by atoms with Crippen LogP contribution < -0.4 is 10.2 Å². The van der Waals surface area contributed by atoms with Gasteiger partial charge in [0.25, 0.3) is 0 Å². The molecule has 3 heterocycles. The molecule has 3 amide bonds. The van der Waals surface area contributed by atoms with Crippen molar-refractivity contribution in [3.8, 4) is 0 Å². The summed E-state index contributed by atoms with van der Waals surface area (Å²) in [7, 11) is 3.02. The predicted octanol–water partition coefficient (Wildman–Crippen LogP) is 3.97. The maximum atomic E-state index is 13.8. The topological polar surface area (TPSA) is 138 Å². The Balaban J connectivity index is 0.00000384. The van der Waals surface area contributed by atoms with Crippen LogP contribution in [0.15, 0.2) is 35.9 Å². The number of benzene rings is 1. The van der Waals surface area contributed by atoms with Crippen molar-refractivity contribution >= 4 is 41.7 Å². The first-order valence-electron chi connectivity index (χ1n) is 15.1. The van der Waals surface area contributed by atoms with Crippen molar-refractivity contribution in [2.24, 2.45) is 11.8 Å². The van der Waals surface area contributed by atoms with Crippen molar-refractivity contribution in [2.45, 2.75) is 96.5 Å². The number of anilines is 1. The molecule has 2 fully saturated rings. The molecule has 8 unspecified atom stereocenters. The number of ether oxygens (including phenoxy) is 3. The first kappa shape index (κ1) is 42.0. The van der Waals surface area contributed by atoms with Gasteiger partial charge in [0.05, 0.1) is 29.3 Å². The monoisotopic (exact) mass is 822 g/mol. The van der Waals surface area contributed by atoms with E-state index < -0.39 is 59.6 Å². The van der Waals surface area contributed by atoms with E-state index in [-0.39, 0.29) is 84.2 Å². The van der Waals surface area contributed by atoms with E-state index in [2.05, 4.69) is 5.32 Å². The number of aryl methyl sites for hydroxylation is 1. The van der Waals surface area contributed by atoms with Crippen molar-refractivity contribution in [2.75, 3.05) is 19.0 Å². The average molecular weight is 823 g/mol. The number of hydrogen-bond acceptors (Lipinski definition) is 8.